The monoisotopic (exact) mass is 501 g/mol. The second-order valence-electron chi connectivity index (χ2n) is 10.9. The smallest absolute Gasteiger partial charge is 0.256 e. The fourth-order valence-corrected chi connectivity index (χ4v) is 6.35. The van der Waals surface area contributed by atoms with Crippen LogP contribution in [0, 0.1) is 0 Å². The number of unbranched alkanes of at least 4 members (excludes halogenated alkanes) is 1. The van der Waals surface area contributed by atoms with Gasteiger partial charge in [0.25, 0.3) is 5.91 Å². The number of carbonyl (C=O) groups is 1. The molecule has 5 aliphatic rings. The molecule has 198 valence electrons. The zero-order valence-electron chi connectivity index (χ0n) is 21.2. The summed E-state index contributed by atoms with van der Waals surface area (Å²) < 4.78 is 38.2. The second-order valence-corrected chi connectivity index (χ2v) is 10.9. The molecule has 3 saturated heterocycles. The number of rotatable bonds is 6. The van der Waals surface area contributed by atoms with E-state index in [2.05, 4.69) is 12.2 Å². The van der Waals surface area contributed by atoms with Gasteiger partial charge in [0.15, 0.2) is 24.0 Å². The molecule has 8 nitrogen and oxygen atoms in total. The third kappa shape index (κ3) is 4.78. The van der Waals surface area contributed by atoms with E-state index in [4.69, 9.17) is 28.4 Å². The Morgan fingerprint density at radius 3 is 2.14 bits per heavy atom. The number of hydrogen-bond donors (Lipinski definition) is 1. The summed E-state index contributed by atoms with van der Waals surface area (Å²) in [5, 5.41) is 3.01. The van der Waals surface area contributed by atoms with Crippen LogP contribution < -0.4 is 10.1 Å². The highest BCUT2D eigenvalue weighted by Gasteiger charge is 2.65. The van der Waals surface area contributed by atoms with E-state index in [-0.39, 0.29) is 5.91 Å². The van der Waals surface area contributed by atoms with Crippen molar-refractivity contribution in [1.29, 1.82) is 0 Å². The Morgan fingerprint density at radius 2 is 1.47 bits per heavy atom. The number of amides is 1. The molecule has 5 fully saturated rings. The van der Waals surface area contributed by atoms with E-state index >= 15 is 0 Å². The first-order valence-corrected chi connectivity index (χ1v) is 14.0. The minimum Gasteiger partial charge on any atom is -0.494 e. The molecule has 0 aromatic heterocycles. The summed E-state index contributed by atoms with van der Waals surface area (Å²) in [6.45, 7) is 2.82. The largest absolute Gasteiger partial charge is 0.494 e. The molecule has 6 rings (SSSR count). The van der Waals surface area contributed by atoms with Crippen LogP contribution in [-0.2, 0) is 28.5 Å². The normalized spacial score (nSPS) is 34.3. The number of nitrogens with one attached hydrogen (secondary N) is 1. The Kier molecular flexibility index (Phi) is 6.99. The third-order valence-corrected chi connectivity index (χ3v) is 8.26. The maximum Gasteiger partial charge on any atom is 0.256 e. The number of anilines is 1. The summed E-state index contributed by atoms with van der Waals surface area (Å²) >= 11 is 0. The highest BCUT2D eigenvalue weighted by Crippen LogP contribution is 2.51. The predicted molar refractivity (Wildman–Crippen MR) is 131 cm³/mol. The van der Waals surface area contributed by atoms with Gasteiger partial charge in [0.1, 0.15) is 24.1 Å². The lowest BCUT2D eigenvalue weighted by atomic mass is 9.94. The van der Waals surface area contributed by atoms with Gasteiger partial charge >= 0.3 is 0 Å². The van der Waals surface area contributed by atoms with Gasteiger partial charge in [-0.3, -0.25) is 4.79 Å². The molecular formula is C28H39NO7. The topological polar surface area (TPSA) is 84.5 Å². The Bertz CT molecular complexity index is 909. The number of carbonyl (C=O) groups excluding carboxylic acids is 1. The molecule has 0 radical (unpaired) electrons. The van der Waals surface area contributed by atoms with Crippen molar-refractivity contribution in [3.63, 3.8) is 0 Å². The lowest BCUT2D eigenvalue weighted by Gasteiger charge is -2.36. The SMILES string of the molecule is CCCCOc1ccc(NC(=O)[C@H]2O[C@@H]3OC4(CCCCC4)O[C@@H]3[C@H]3OC4(CCCCC4)O[C@H]32)cc1. The zero-order chi connectivity index (χ0) is 24.6. The van der Waals surface area contributed by atoms with Gasteiger partial charge in [0, 0.05) is 31.4 Å². The minimum atomic E-state index is -0.847. The van der Waals surface area contributed by atoms with Gasteiger partial charge in [-0.25, -0.2) is 0 Å². The Balaban J connectivity index is 1.19. The first kappa shape index (κ1) is 24.6. The molecule has 2 saturated carbocycles. The highest BCUT2D eigenvalue weighted by molar-refractivity contribution is 5.94. The van der Waals surface area contributed by atoms with Crippen molar-refractivity contribution in [2.75, 3.05) is 11.9 Å². The van der Waals surface area contributed by atoms with E-state index in [1.54, 1.807) is 0 Å². The van der Waals surface area contributed by atoms with E-state index in [0.717, 1.165) is 70.0 Å². The average Bonchev–Trinajstić information content (AvgIpc) is 3.43. The van der Waals surface area contributed by atoms with Gasteiger partial charge in [-0.05, 0) is 56.4 Å². The lowest BCUT2D eigenvalue weighted by Crippen LogP contribution is -2.58. The van der Waals surface area contributed by atoms with E-state index < -0.39 is 42.3 Å². The summed E-state index contributed by atoms with van der Waals surface area (Å²) in [6, 6.07) is 7.45. The number of fused-ring (bicyclic) bond motifs is 3. The summed E-state index contributed by atoms with van der Waals surface area (Å²) in [5.41, 5.74) is 0.684. The van der Waals surface area contributed by atoms with Crippen molar-refractivity contribution in [2.24, 2.45) is 0 Å². The standard InChI is InChI=1S/C28H39NO7/c1-2-3-18-31-20-12-10-19(11-13-20)29-25(30)23-21-22(34-27(33-21)14-6-4-7-15-27)24-26(32-23)36-28(35-24)16-8-5-9-17-28/h10-13,21-24,26H,2-9,14-18H2,1H3,(H,29,30)/t21-,22+,23+,24-,26-/m1/s1. The van der Waals surface area contributed by atoms with Crippen LogP contribution in [-0.4, -0.2) is 54.8 Å². The van der Waals surface area contributed by atoms with Crippen LogP contribution in [0.4, 0.5) is 5.69 Å². The number of ether oxygens (including phenoxy) is 6. The Morgan fingerprint density at radius 1 is 0.861 bits per heavy atom. The zero-order valence-corrected chi connectivity index (χ0v) is 21.2. The van der Waals surface area contributed by atoms with Crippen LogP contribution in [0.5, 0.6) is 5.75 Å². The summed E-state index contributed by atoms with van der Waals surface area (Å²) in [4.78, 5) is 13.5. The number of benzene rings is 1. The van der Waals surface area contributed by atoms with Crippen molar-refractivity contribution >= 4 is 11.6 Å². The molecule has 1 aromatic rings. The van der Waals surface area contributed by atoms with E-state index in [9.17, 15) is 4.79 Å². The number of hydrogen-bond acceptors (Lipinski definition) is 7. The molecule has 2 spiro atoms. The predicted octanol–water partition coefficient (Wildman–Crippen LogP) is 5.05. The molecule has 36 heavy (non-hydrogen) atoms. The van der Waals surface area contributed by atoms with E-state index in [1.807, 2.05) is 24.3 Å². The molecule has 0 bridgehead atoms. The van der Waals surface area contributed by atoms with Crippen molar-refractivity contribution < 1.29 is 33.2 Å². The van der Waals surface area contributed by atoms with Crippen LogP contribution in [0.2, 0.25) is 0 Å². The molecule has 2 aliphatic carbocycles. The van der Waals surface area contributed by atoms with E-state index in [1.165, 1.54) is 12.8 Å². The molecule has 0 unspecified atom stereocenters. The van der Waals surface area contributed by atoms with Gasteiger partial charge < -0.3 is 33.7 Å². The minimum absolute atomic E-state index is 0.257. The summed E-state index contributed by atoms with van der Waals surface area (Å²) in [7, 11) is 0. The lowest BCUT2D eigenvalue weighted by molar-refractivity contribution is -0.246. The first-order valence-electron chi connectivity index (χ1n) is 14.0. The second kappa shape index (κ2) is 10.2. The molecule has 3 aliphatic heterocycles. The van der Waals surface area contributed by atoms with Crippen molar-refractivity contribution in [3.8, 4) is 5.75 Å². The summed E-state index contributed by atoms with van der Waals surface area (Å²) in [6.07, 6.45) is 9.24. The third-order valence-electron chi connectivity index (χ3n) is 8.26. The molecule has 8 heteroatoms. The van der Waals surface area contributed by atoms with Crippen LogP contribution in [0.25, 0.3) is 0 Å². The van der Waals surface area contributed by atoms with E-state index in [0.29, 0.717) is 12.3 Å². The molecular weight excluding hydrogens is 462 g/mol. The molecule has 1 amide bonds. The van der Waals surface area contributed by atoms with Gasteiger partial charge in [-0.2, -0.15) is 0 Å². The first-order chi connectivity index (χ1) is 17.6. The van der Waals surface area contributed by atoms with Crippen LogP contribution >= 0.6 is 0 Å². The van der Waals surface area contributed by atoms with Gasteiger partial charge in [0.2, 0.25) is 0 Å². The molecule has 1 aromatic carbocycles. The molecule has 5 atom stereocenters. The van der Waals surface area contributed by atoms with Gasteiger partial charge in [0.05, 0.1) is 6.61 Å². The maximum absolute atomic E-state index is 13.5. The van der Waals surface area contributed by atoms with Crippen LogP contribution in [0.1, 0.15) is 84.0 Å². The van der Waals surface area contributed by atoms with Gasteiger partial charge in [-0.1, -0.05) is 26.2 Å². The van der Waals surface area contributed by atoms with Crippen LogP contribution in [0.3, 0.4) is 0 Å². The highest BCUT2D eigenvalue weighted by atomic mass is 16.9. The fraction of sp³-hybridized carbons (Fsp3) is 0.750. The molecule has 1 N–H and O–H groups in total. The van der Waals surface area contributed by atoms with Gasteiger partial charge in [-0.15, -0.1) is 0 Å². The fourth-order valence-electron chi connectivity index (χ4n) is 6.35. The van der Waals surface area contributed by atoms with Crippen molar-refractivity contribution in [3.05, 3.63) is 24.3 Å². The Hall–Kier alpha value is -1.71. The Labute approximate surface area is 213 Å². The van der Waals surface area contributed by atoms with Crippen molar-refractivity contribution in [2.45, 2.75) is 126 Å². The van der Waals surface area contributed by atoms with Crippen LogP contribution in [0.15, 0.2) is 24.3 Å². The maximum atomic E-state index is 13.5. The average molecular weight is 502 g/mol. The molecule has 3 heterocycles. The van der Waals surface area contributed by atoms with Crippen molar-refractivity contribution in [1.82, 2.24) is 0 Å². The summed E-state index contributed by atoms with van der Waals surface area (Å²) in [5.74, 6) is -0.761. The quantitative estimate of drug-likeness (QED) is 0.546.